The average molecular weight is 459 g/mol. The summed E-state index contributed by atoms with van der Waals surface area (Å²) in [6, 6.07) is 4.18. The van der Waals surface area contributed by atoms with E-state index in [0.29, 0.717) is 6.42 Å². The molecule has 0 aromatic carbocycles. The van der Waals surface area contributed by atoms with Gasteiger partial charge in [-0.3, -0.25) is 9.59 Å². The number of carbonyl (C=O) groups is 2. The lowest BCUT2D eigenvalue weighted by Crippen LogP contribution is -2.23. The predicted molar refractivity (Wildman–Crippen MR) is 107 cm³/mol. The van der Waals surface area contributed by atoms with Gasteiger partial charge in [0.25, 0.3) is 5.91 Å². The molecule has 0 saturated heterocycles. The van der Waals surface area contributed by atoms with Crippen LogP contribution in [0.3, 0.4) is 0 Å². The number of nitrogens with one attached hydrogen (secondary N) is 3. The van der Waals surface area contributed by atoms with Gasteiger partial charge in [0.15, 0.2) is 21.3 Å². The summed E-state index contributed by atoms with van der Waals surface area (Å²) in [5.74, 6) is -1.59. The highest BCUT2D eigenvalue weighted by Crippen LogP contribution is 2.53. The highest BCUT2D eigenvalue weighted by molar-refractivity contribution is 7.90. The smallest absolute Gasteiger partial charge is 0.273 e. The molecule has 2 heterocycles. The fourth-order valence-corrected chi connectivity index (χ4v) is 3.74. The van der Waals surface area contributed by atoms with Crippen LogP contribution < -0.4 is 16.0 Å². The van der Waals surface area contributed by atoms with Gasteiger partial charge in [0.05, 0.1) is 11.6 Å². The molecule has 1 aliphatic carbocycles. The topological polar surface area (TPSA) is 143 Å². The summed E-state index contributed by atoms with van der Waals surface area (Å²) in [5, 5.41) is 15.3. The Bertz CT molecular complexity index is 1090. The Morgan fingerprint density at radius 2 is 1.97 bits per heavy atom. The van der Waals surface area contributed by atoms with E-state index in [1.165, 1.54) is 31.4 Å². The van der Waals surface area contributed by atoms with E-state index in [1.54, 1.807) is 0 Å². The lowest BCUT2D eigenvalue weighted by atomic mass is 10.2. The summed E-state index contributed by atoms with van der Waals surface area (Å²) in [6.45, 7) is 0. The first-order valence-electron chi connectivity index (χ1n) is 8.23. The molecule has 29 heavy (non-hydrogen) atoms. The molecule has 2 amide bonds. The quantitative estimate of drug-likeness (QED) is 0.552. The average Bonchev–Trinajstić information content (AvgIpc) is 3.29. The molecule has 3 N–H and O–H groups in total. The maximum Gasteiger partial charge on any atom is 0.273 e. The van der Waals surface area contributed by atoms with Gasteiger partial charge in [-0.05, 0) is 18.6 Å². The Morgan fingerprint density at radius 1 is 1.28 bits per heavy atom. The van der Waals surface area contributed by atoms with Gasteiger partial charge < -0.3 is 16.0 Å². The summed E-state index contributed by atoms with van der Waals surface area (Å²) in [5.41, 5.74) is -0.0249. The van der Waals surface area contributed by atoms with Crippen LogP contribution in [0.4, 0.5) is 17.3 Å². The van der Waals surface area contributed by atoms with Crippen LogP contribution in [-0.2, 0) is 14.6 Å². The number of aromatic nitrogens is 3. The van der Waals surface area contributed by atoms with E-state index in [4.69, 9.17) is 23.2 Å². The summed E-state index contributed by atoms with van der Waals surface area (Å²) in [4.78, 5) is 28.3. The number of pyridine rings is 1. The van der Waals surface area contributed by atoms with Gasteiger partial charge in [0, 0.05) is 25.6 Å². The molecule has 2 aromatic rings. The van der Waals surface area contributed by atoms with Crippen molar-refractivity contribution in [3.63, 3.8) is 0 Å². The van der Waals surface area contributed by atoms with Crippen molar-refractivity contribution < 1.29 is 18.0 Å². The van der Waals surface area contributed by atoms with Crippen LogP contribution in [0.1, 0.15) is 16.9 Å². The van der Waals surface area contributed by atoms with Crippen molar-refractivity contribution in [1.82, 2.24) is 20.5 Å². The number of nitrogens with zero attached hydrogens (tertiary/aromatic N) is 3. The number of rotatable bonds is 6. The van der Waals surface area contributed by atoms with Crippen molar-refractivity contribution in [1.29, 1.82) is 0 Å². The maximum absolute atomic E-state index is 12.2. The lowest BCUT2D eigenvalue weighted by molar-refractivity contribution is -0.117. The normalized spacial score (nSPS) is 17.3. The maximum atomic E-state index is 12.2. The molecular formula is C16H16Cl2N6O4S. The van der Waals surface area contributed by atoms with Crippen LogP contribution in [0.15, 0.2) is 29.3 Å². The van der Waals surface area contributed by atoms with Crippen molar-refractivity contribution in [3.05, 3.63) is 30.1 Å². The van der Waals surface area contributed by atoms with Crippen LogP contribution in [0.2, 0.25) is 0 Å². The summed E-state index contributed by atoms with van der Waals surface area (Å²) >= 11 is 11.8. The number of alkyl halides is 2. The van der Waals surface area contributed by atoms with E-state index in [9.17, 15) is 18.0 Å². The third-order valence-electron chi connectivity index (χ3n) is 4.05. The van der Waals surface area contributed by atoms with Crippen LogP contribution in [0.5, 0.6) is 0 Å². The fraction of sp³-hybridized carbons (Fsp3) is 0.312. The minimum absolute atomic E-state index is 0.00634. The largest absolute Gasteiger partial charge is 0.354 e. The number of sulfone groups is 1. The van der Waals surface area contributed by atoms with Gasteiger partial charge in [-0.2, -0.15) is 0 Å². The van der Waals surface area contributed by atoms with Crippen LogP contribution >= 0.6 is 23.2 Å². The van der Waals surface area contributed by atoms with E-state index in [-0.39, 0.29) is 27.9 Å². The van der Waals surface area contributed by atoms with Crippen molar-refractivity contribution in [3.8, 4) is 0 Å². The standard InChI is InChI=1S/C16H16Cl2N6O4S/c1-19-15(26)12-9(21-13-10(29(2,27)28)4-3-5-20-13)6-11(23-24-12)22-14(25)8-7-16(8,17)18/h3-6,8H,7H2,1-2H3,(H,19,26)(H2,20,21,22,23,25). The van der Waals surface area contributed by atoms with E-state index >= 15 is 0 Å². The molecule has 1 unspecified atom stereocenters. The molecule has 13 heteroatoms. The molecule has 10 nitrogen and oxygen atoms in total. The van der Waals surface area contributed by atoms with Gasteiger partial charge in [0.1, 0.15) is 15.0 Å². The second-order valence-corrected chi connectivity index (χ2v) is 9.85. The van der Waals surface area contributed by atoms with Crippen molar-refractivity contribution in [2.45, 2.75) is 15.6 Å². The first-order valence-corrected chi connectivity index (χ1v) is 10.9. The zero-order valence-electron chi connectivity index (χ0n) is 15.2. The van der Waals surface area contributed by atoms with Gasteiger partial charge in [-0.1, -0.05) is 0 Å². The first kappa shape index (κ1) is 21.2. The van der Waals surface area contributed by atoms with Gasteiger partial charge >= 0.3 is 0 Å². The Labute approximate surface area is 176 Å². The van der Waals surface area contributed by atoms with E-state index in [1.807, 2.05) is 0 Å². The predicted octanol–water partition coefficient (Wildman–Crippen LogP) is 1.51. The molecule has 1 saturated carbocycles. The Morgan fingerprint density at radius 3 is 2.55 bits per heavy atom. The molecule has 154 valence electrons. The van der Waals surface area contributed by atoms with Crippen LogP contribution in [-0.4, -0.2) is 53.1 Å². The highest BCUT2D eigenvalue weighted by atomic mass is 35.5. The van der Waals surface area contributed by atoms with Crippen LogP contribution in [0.25, 0.3) is 0 Å². The van der Waals surface area contributed by atoms with Crippen molar-refractivity contribution in [2.24, 2.45) is 5.92 Å². The molecule has 2 aromatic heterocycles. The summed E-state index contributed by atoms with van der Waals surface area (Å²) < 4.78 is 22.9. The lowest BCUT2D eigenvalue weighted by Gasteiger charge is -2.13. The third kappa shape index (κ3) is 4.74. The molecule has 0 bridgehead atoms. The highest BCUT2D eigenvalue weighted by Gasteiger charge is 2.56. The molecular weight excluding hydrogens is 443 g/mol. The number of carbonyl (C=O) groups excluding carboxylic acids is 2. The molecule has 0 spiro atoms. The third-order valence-corrected chi connectivity index (χ3v) is 6.02. The minimum atomic E-state index is -3.60. The zero-order chi connectivity index (χ0) is 21.4. The Hall–Kier alpha value is -2.50. The van der Waals surface area contributed by atoms with E-state index in [2.05, 4.69) is 31.1 Å². The van der Waals surface area contributed by atoms with E-state index < -0.39 is 31.9 Å². The van der Waals surface area contributed by atoms with Crippen LogP contribution in [0, 0.1) is 5.92 Å². The van der Waals surface area contributed by atoms with Gasteiger partial charge in [0.2, 0.25) is 5.91 Å². The zero-order valence-corrected chi connectivity index (χ0v) is 17.6. The fourth-order valence-electron chi connectivity index (χ4n) is 2.46. The van der Waals surface area contributed by atoms with Crippen molar-refractivity contribution in [2.75, 3.05) is 23.9 Å². The van der Waals surface area contributed by atoms with Gasteiger partial charge in [-0.15, -0.1) is 33.4 Å². The second kappa shape index (κ2) is 7.73. The first-order chi connectivity index (χ1) is 13.5. The SMILES string of the molecule is CNC(=O)c1nnc(NC(=O)C2CC2(Cl)Cl)cc1Nc1ncccc1S(C)(=O)=O. The molecule has 0 aliphatic heterocycles. The molecule has 3 rings (SSSR count). The molecule has 0 radical (unpaired) electrons. The summed E-state index contributed by atoms with van der Waals surface area (Å²) in [6.07, 6.45) is 2.73. The van der Waals surface area contributed by atoms with Crippen molar-refractivity contribution >= 4 is 62.2 Å². The number of halogens is 2. The Kier molecular flexibility index (Phi) is 5.65. The van der Waals surface area contributed by atoms with E-state index in [0.717, 1.165) is 6.26 Å². The number of hydrogen-bond acceptors (Lipinski definition) is 8. The Balaban J connectivity index is 1.96. The van der Waals surface area contributed by atoms with Gasteiger partial charge in [-0.25, -0.2) is 13.4 Å². The molecule has 1 aliphatic rings. The number of amides is 2. The number of anilines is 3. The minimum Gasteiger partial charge on any atom is -0.354 e. The molecule has 1 atom stereocenters. The molecule has 1 fully saturated rings. The number of hydrogen-bond donors (Lipinski definition) is 3. The second-order valence-electron chi connectivity index (χ2n) is 6.33. The monoisotopic (exact) mass is 458 g/mol. The summed E-state index contributed by atoms with van der Waals surface area (Å²) in [7, 11) is -2.20.